The summed E-state index contributed by atoms with van der Waals surface area (Å²) >= 11 is 12.8. The van der Waals surface area contributed by atoms with Crippen LogP contribution in [-0.2, 0) is 4.74 Å². The zero-order valence-corrected chi connectivity index (χ0v) is 24.7. The van der Waals surface area contributed by atoms with E-state index in [0.717, 1.165) is 71.8 Å². The lowest BCUT2D eigenvalue weighted by Crippen LogP contribution is -2.40. The Morgan fingerprint density at radius 2 is 1.10 bits per heavy atom. The van der Waals surface area contributed by atoms with Gasteiger partial charge in [-0.15, -0.1) is 0 Å². The Balaban J connectivity index is 1.54. The van der Waals surface area contributed by atoms with Crippen molar-refractivity contribution in [2.45, 2.75) is 90.6 Å². The van der Waals surface area contributed by atoms with E-state index >= 15 is 0 Å². The standard InChI is InChI=1S/C32H38Cl2N2O3/c1-5-7-13-27(38-29-17-15-25(33)23-11-9-19-35-31(23)29)21(3)37-22(4)28(14-8-6-2)39-30-18-16-26(34)24-12-10-20-36-32(24)30/h9-12,15-22,27-28H,5-8,13-14H2,1-4H3. The van der Waals surface area contributed by atoms with E-state index in [2.05, 4.69) is 37.7 Å². The van der Waals surface area contributed by atoms with Crippen LogP contribution >= 0.6 is 23.2 Å². The number of pyridine rings is 2. The predicted molar refractivity (Wildman–Crippen MR) is 161 cm³/mol. The van der Waals surface area contributed by atoms with Crippen molar-refractivity contribution in [2.24, 2.45) is 0 Å². The van der Waals surface area contributed by atoms with Gasteiger partial charge >= 0.3 is 0 Å². The van der Waals surface area contributed by atoms with Gasteiger partial charge in [-0.3, -0.25) is 9.97 Å². The molecule has 0 N–H and O–H groups in total. The van der Waals surface area contributed by atoms with E-state index in [1.54, 1.807) is 12.4 Å². The first kappa shape index (κ1) is 29.4. The minimum Gasteiger partial charge on any atom is -0.485 e. The van der Waals surface area contributed by atoms with E-state index in [0.29, 0.717) is 10.0 Å². The van der Waals surface area contributed by atoms with Crippen molar-refractivity contribution in [2.75, 3.05) is 0 Å². The number of hydrogen-bond acceptors (Lipinski definition) is 5. The van der Waals surface area contributed by atoms with Gasteiger partial charge in [0.15, 0.2) is 0 Å². The molecular weight excluding hydrogens is 531 g/mol. The Bertz CT molecular complexity index is 1260. The summed E-state index contributed by atoms with van der Waals surface area (Å²) in [6.07, 6.45) is 8.82. The maximum absolute atomic E-state index is 6.64. The van der Waals surface area contributed by atoms with E-state index in [1.807, 2.05) is 48.5 Å². The molecule has 0 saturated heterocycles. The predicted octanol–water partition coefficient (Wildman–Crippen LogP) is 9.46. The van der Waals surface area contributed by atoms with Gasteiger partial charge in [0, 0.05) is 23.2 Å². The average Bonchev–Trinajstić information content (AvgIpc) is 2.95. The number of ether oxygens (including phenoxy) is 3. The minimum absolute atomic E-state index is 0.149. The van der Waals surface area contributed by atoms with Crippen LogP contribution in [0.1, 0.15) is 66.2 Å². The second kappa shape index (κ2) is 14.2. The fourth-order valence-corrected chi connectivity index (χ4v) is 5.27. The maximum atomic E-state index is 6.64. The molecule has 4 unspecified atom stereocenters. The molecule has 4 rings (SSSR count). The molecule has 4 aromatic rings. The molecule has 4 atom stereocenters. The molecule has 5 nitrogen and oxygen atoms in total. The minimum atomic E-state index is -0.172. The Labute approximate surface area is 241 Å². The van der Waals surface area contributed by atoms with Crippen LogP contribution in [0.3, 0.4) is 0 Å². The van der Waals surface area contributed by atoms with Crippen LogP contribution in [0.15, 0.2) is 60.9 Å². The molecule has 208 valence electrons. The fraction of sp³-hybridized carbons (Fsp3) is 0.438. The van der Waals surface area contributed by atoms with Crippen molar-refractivity contribution < 1.29 is 14.2 Å². The van der Waals surface area contributed by atoms with Crippen molar-refractivity contribution in [1.29, 1.82) is 0 Å². The number of unbranched alkanes of at least 4 members (excludes halogenated alkanes) is 2. The van der Waals surface area contributed by atoms with Crippen LogP contribution < -0.4 is 9.47 Å². The first-order chi connectivity index (χ1) is 18.9. The second-order valence-corrected chi connectivity index (χ2v) is 10.8. The molecule has 0 spiro atoms. The van der Waals surface area contributed by atoms with Gasteiger partial charge < -0.3 is 14.2 Å². The van der Waals surface area contributed by atoms with Gasteiger partial charge in [0.2, 0.25) is 0 Å². The summed E-state index contributed by atoms with van der Waals surface area (Å²) in [4.78, 5) is 9.10. The molecule has 2 aromatic heterocycles. The normalized spacial score (nSPS) is 14.7. The number of fused-ring (bicyclic) bond motifs is 2. The summed E-state index contributed by atoms with van der Waals surface area (Å²) in [5, 5.41) is 3.08. The first-order valence-corrected chi connectivity index (χ1v) is 14.7. The summed E-state index contributed by atoms with van der Waals surface area (Å²) in [7, 11) is 0. The van der Waals surface area contributed by atoms with Crippen LogP contribution in [-0.4, -0.2) is 34.4 Å². The molecule has 0 bridgehead atoms. The lowest BCUT2D eigenvalue weighted by molar-refractivity contribution is -0.0920. The molecule has 0 aliphatic heterocycles. The van der Waals surface area contributed by atoms with E-state index < -0.39 is 0 Å². The molecule has 0 amide bonds. The van der Waals surface area contributed by atoms with E-state index in [1.165, 1.54) is 0 Å². The summed E-state index contributed by atoms with van der Waals surface area (Å²) in [6, 6.07) is 15.2. The highest BCUT2D eigenvalue weighted by atomic mass is 35.5. The number of nitrogens with zero attached hydrogens (tertiary/aromatic N) is 2. The van der Waals surface area contributed by atoms with E-state index in [-0.39, 0.29) is 24.4 Å². The Kier molecular flexibility index (Phi) is 10.7. The molecule has 39 heavy (non-hydrogen) atoms. The van der Waals surface area contributed by atoms with Crippen molar-refractivity contribution in [1.82, 2.24) is 9.97 Å². The van der Waals surface area contributed by atoms with Crippen molar-refractivity contribution in [3.8, 4) is 11.5 Å². The smallest absolute Gasteiger partial charge is 0.146 e. The second-order valence-electron chi connectivity index (χ2n) is 10.0. The zero-order valence-electron chi connectivity index (χ0n) is 23.2. The molecule has 0 aliphatic carbocycles. The summed E-state index contributed by atoms with van der Waals surface area (Å²) in [5.41, 5.74) is 1.52. The molecule has 0 radical (unpaired) electrons. The molecule has 0 aliphatic rings. The van der Waals surface area contributed by atoms with Crippen LogP contribution in [0, 0.1) is 0 Å². The Morgan fingerprint density at radius 3 is 1.51 bits per heavy atom. The van der Waals surface area contributed by atoms with Gasteiger partial charge in [-0.2, -0.15) is 0 Å². The molecular formula is C32H38Cl2N2O3. The zero-order chi connectivity index (χ0) is 27.8. The van der Waals surface area contributed by atoms with Crippen LogP contribution in [0.25, 0.3) is 21.8 Å². The third-order valence-corrected chi connectivity index (χ3v) is 7.74. The summed E-state index contributed by atoms with van der Waals surface area (Å²) in [5.74, 6) is 1.44. The Morgan fingerprint density at radius 1 is 0.667 bits per heavy atom. The van der Waals surface area contributed by atoms with Gasteiger partial charge in [-0.05, 0) is 88.1 Å². The molecule has 7 heteroatoms. The maximum Gasteiger partial charge on any atom is 0.146 e. The number of hydrogen-bond donors (Lipinski definition) is 0. The highest BCUT2D eigenvalue weighted by Crippen LogP contribution is 2.33. The van der Waals surface area contributed by atoms with Gasteiger partial charge in [0.05, 0.1) is 22.3 Å². The van der Waals surface area contributed by atoms with E-state index in [9.17, 15) is 0 Å². The molecule has 2 heterocycles. The van der Waals surface area contributed by atoms with Crippen molar-refractivity contribution in [3.05, 3.63) is 71.0 Å². The number of aromatic nitrogens is 2. The molecule has 0 saturated carbocycles. The third kappa shape index (κ3) is 7.33. The van der Waals surface area contributed by atoms with E-state index in [4.69, 9.17) is 37.4 Å². The highest BCUT2D eigenvalue weighted by molar-refractivity contribution is 6.36. The van der Waals surface area contributed by atoms with Gasteiger partial charge in [0.25, 0.3) is 0 Å². The third-order valence-electron chi connectivity index (χ3n) is 7.08. The van der Waals surface area contributed by atoms with Crippen LogP contribution in [0.4, 0.5) is 0 Å². The number of rotatable bonds is 14. The van der Waals surface area contributed by atoms with Gasteiger partial charge in [-0.1, -0.05) is 49.9 Å². The highest BCUT2D eigenvalue weighted by Gasteiger charge is 2.28. The molecule has 0 fully saturated rings. The summed E-state index contributed by atoms with van der Waals surface area (Å²) in [6.45, 7) is 8.53. The first-order valence-electron chi connectivity index (χ1n) is 14.0. The van der Waals surface area contributed by atoms with Gasteiger partial charge in [-0.25, -0.2) is 0 Å². The Hall–Kier alpha value is -2.60. The monoisotopic (exact) mass is 568 g/mol. The lowest BCUT2D eigenvalue weighted by atomic mass is 10.1. The van der Waals surface area contributed by atoms with Crippen LogP contribution in [0.2, 0.25) is 10.0 Å². The quantitative estimate of drug-likeness (QED) is 0.151. The van der Waals surface area contributed by atoms with Crippen molar-refractivity contribution in [3.63, 3.8) is 0 Å². The largest absolute Gasteiger partial charge is 0.485 e. The average molecular weight is 570 g/mol. The molecule has 2 aromatic carbocycles. The number of benzene rings is 2. The van der Waals surface area contributed by atoms with Crippen molar-refractivity contribution >= 4 is 45.0 Å². The fourth-order valence-electron chi connectivity index (χ4n) is 4.84. The van der Waals surface area contributed by atoms with Gasteiger partial charge in [0.1, 0.15) is 34.7 Å². The topological polar surface area (TPSA) is 53.5 Å². The lowest BCUT2D eigenvalue weighted by Gasteiger charge is -2.32. The number of halogens is 2. The summed E-state index contributed by atoms with van der Waals surface area (Å²) < 4.78 is 19.8. The van der Waals surface area contributed by atoms with Crippen LogP contribution in [0.5, 0.6) is 11.5 Å². The SMILES string of the molecule is CCCCC(Oc1ccc(Cl)c2cccnc12)C(C)OC(C)C(CCCC)Oc1ccc(Cl)c2cccnc12.